The molecule has 0 amide bonds. The van der Waals surface area contributed by atoms with E-state index in [1.165, 1.54) is 5.56 Å². The van der Waals surface area contributed by atoms with Crippen LogP contribution in [0.15, 0.2) is 41.8 Å². The summed E-state index contributed by atoms with van der Waals surface area (Å²) in [6.45, 7) is 2.27. The Morgan fingerprint density at radius 3 is 2.74 bits per heavy atom. The van der Waals surface area contributed by atoms with Gasteiger partial charge in [0.25, 0.3) is 0 Å². The number of hydrogen-bond donors (Lipinski definition) is 2. The first-order valence-corrected chi connectivity index (χ1v) is 8.86. The normalized spacial score (nSPS) is 12.4. The van der Waals surface area contributed by atoms with Crippen LogP contribution in [0.2, 0.25) is 0 Å². The van der Waals surface area contributed by atoms with E-state index in [9.17, 15) is 5.11 Å². The number of benzene rings is 1. The molecular weight excluding hydrogens is 306 g/mol. The number of aliphatic hydroxyl groups is 1. The van der Waals surface area contributed by atoms with E-state index in [2.05, 4.69) is 45.8 Å². The van der Waals surface area contributed by atoms with Crippen molar-refractivity contribution in [2.45, 2.75) is 32.2 Å². The van der Waals surface area contributed by atoms with Crippen LogP contribution in [0.5, 0.6) is 0 Å². The summed E-state index contributed by atoms with van der Waals surface area (Å²) in [7, 11) is 0. The van der Waals surface area contributed by atoms with Crippen LogP contribution in [0, 0.1) is 0 Å². The number of aryl methyl sites for hydroxylation is 1. The zero-order valence-corrected chi connectivity index (χ0v) is 14.0. The van der Waals surface area contributed by atoms with Crippen LogP contribution in [0.1, 0.15) is 37.2 Å². The third-order valence-corrected chi connectivity index (χ3v) is 4.66. The second-order valence-corrected chi connectivity index (χ2v) is 6.35. The van der Waals surface area contributed by atoms with Crippen LogP contribution in [0.4, 0.5) is 5.82 Å². The third-order valence-electron chi connectivity index (χ3n) is 3.85. The van der Waals surface area contributed by atoms with E-state index in [0.717, 1.165) is 41.1 Å². The number of anilines is 1. The van der Waals surface area contributed by atoms with E-state index < -0.39 is 0 Å². The van der Waals surface area contributed by atoms with Gasteiger partial charge in [0.15, 0.2) is 0 Å². The minimum atomic E-state index is 0.131. The van der Waals surface area contributed by atoms with E-state index in [1.54, 1.807) is 11.3 Å². The molecule has 5 heteroatoms. The molecule has 3 rings (SSSR count). The Labute approximate surface area is 140 Å². The quantitative estimate of drug-likeness (QED) is 0.683. The Bertz CT molecular complexity index is 757. The topological polar surface area (TPSA) is 58.0 Å². The first-order chi connectivity index (χ1) is 11.3. The van der Waals surface area contributed by atoms with Crippen LogP contribution >= 0.6 is 11.3 Å². The SMILES string of the molecule is CCc1nc(NC(CCCO)c2ccccc2)c2ccsc2n1. The van der Waals surface area contributed by atoms with Crippen LogP contribution in [-0.2, 0) is 6.42 Å². The fraction of sp³-hybridized carbons (Fsp3) is 0.333. The highest BCUT2D eigenvalue weighted by Gasteiger charge is 2.15. The maximum Gasteiger partial charge on any atom is 0.138 e. The van der Waals surface area contributed by atoms with Gasteiger partial charge >= 0.3 is 0 Å². The Kier molecular flexibility index (Phi) is 5.20. The predicted octanol–water partition coefficient (Wildman–Crippen LogP) is 4.18. The summed E-state index contributed by atoms with van der Waals surface area (Å²) in [5, 5.41) is 15.9. The summed E-state index contributed by atoms with van der Waals surface area (Å²) in [6.07, 6.45) is 2.43. The lowest BCUT2D eigenvalue weighted by molar-refractivity contribution is 0.281. The Morgan fingerprint density at radius 2 is 2.00 bits per heavy atom. The molecule has 0 aliphatic rings. The summed E-state index contributed by atoms with van der Waals surface area (Å²) in [6, 6.07) is 12.5. The number of nitrogens with zero attached hydrogens (tertiary/aromatic N) is 2. The summed E-state index contributed by atoms with van der Waals surface area (Å²) in [4.78, 5) is 10.3. The minimum absolute atomic E-state index is 0.131. The van der Waals surface area contributed by atoms with Crippen LogP contribution in [-0.4, -0.2) is 21.7 Å². The van der Waals surface area contributed by atoms with Gasteiger partial charge in [0, 0.05) is 13.0 Å². The molecule has 0 aliphatic heterocycles. The zero-order chi connectivity index (χ0) is 16.1. The Hall–Kier alpha value is -1.98. The van der Waals surface area contributed by atoms with E-state index in [0.29, 0.717) is 0 Å². The largest absolute Gasteiger partial charge is 0.396 e. The molecule has 23 heavy (non-hydrogen) atoms. The van der Waals surface area contributed by atoms with Crippen molar-refractivity contribution in [3.05, 3.63) is 53.2 Å². The molecule has 0 spiro atoms. The zero-order valence-electron chi connectivity index (χ0n) is 13.2. The molecule has 2 aromatic heterocycles. The van der Waals surface area contributed by atoms with Gasteiger partial charge in [0.05, 0.1) is 11.4 Å². The molecule has 0 aliphatic carbocycles. The van der Waals surface area contributed by atoms with Crippen molar-refractivity contribution in [3.63, 3.8) is 0 Å². The molecule has 2 heterocycles. The van der Waals surface area contributed by atoms with Crippen LogP contribution in [0.3, 0.4) is 0 Å². The maximum atomic E-state index is 9.20. The lowest BCUT2D eigenvalue weighted by atomic mass is 10.0. The molecule has 0 fully saturated rings. The number of hydrogen-bond acceptors (Lipinski definition) is 5. The van der Waals surface area contributed by atoms with Gasteiger partial charge in [-0.05, 0) is 29.9 Å². The summed E-state index contributed by atoms with van der Waals surface area (Å²) in [5.41, 5.74) is 1.21. The standard InChI is InChI=1S/C18H21N3OS/c1-2-16-20-17(14-10-12-23-18(14)21-16)19-15(9-6-11-22)13-7-4-3-5-8-13/h3-5,7-8,10,12,15,22H,2,6,9,11H2,1H3,(H,19,20,21). The minimum Gasteiger partial charge on any atom is -0.396 e. The van der Waals surface area contributed by atoms with E-state index in [1.807, 2.05) is 18.2 Å². The van der Waals surface area contributed by atoms with Crippen LogP contribution < -0.4 is 5.32 Å². The molecule has 1 atom stereocenters. The highest BCUT2D eigenvalue weighted by atomic mass is 32.1. The number of fused-ring (bicyclic) bond motifs is 1. The van der Waals surface area contributed by atoms with Crippen molar-refractivity contribution in [2.24, 2.45) is 0 Å². The smallest absolute Gasteiger partial charge is 0.138 e. The number of rotatable bonds is 7. The van der Waals surface area contributed by atoms with Crippen molar-refractivity contribution in [1.29, 1.82) is 0 Å². The number of thiophene rings is 1. The molecule has 2 N–H and O–H groups in total. The fourth-order valence-corrected chi connectivity index (χ4v) is 3.42. The van der Waals surface area contributed by atoms with Gasteiger partial charge in [-0.1, -0.05) is 37.3 Å². The lowest BCUT2D eigenvalue weighted by Gasteiger charge is -2.20. The van der Waals surface area contributed by atoms with E-state index >= 15 is 0 Å². The first-order valence-electron chi connectivity index (χ1n) is 7.98. The van der Waals surface area contributed by atoms with Crippen molar-refractivity contribution < 1.29 is 5.11 Å². The molecule has 1 aromatic carbocycles. The monoisotopic (exact) mass is 327 g/mol. The van der Waals surface area contributed by atoms with Crippen molar-refractivity contribution in [3.8, 4) is 0 Å². The number of aromatic nitrogens is 2. The van der Waals surface area contributed by atoms with E-state index in [-0.39, 0.29) is 12.6 Å². The fourth-order valence-electron chi connectivity index (χ4n) is 2.64. The highest BCUT2D eigenvalue weighted by Crippen LogP contribution is 2.30. The molecule has 120 valence electrons. The summed E-state index contributed by atoms with van der Waals surface area (Å²) in [5.74, 6) is 1.75. The van der Waals surface area contributed by atoms with Crippen molar-refractivity contribution in [2.75, 3.05) is 11.9 Å². The molecule has 3 aromatic rings. The molecular formula is C18H21N3OS. The van der Waals surface area contributed by atoms with Gasteiger partial charge in [0.2, 0.25) is 0 Å². The lowest BCUT2D eigenvalue weighted by Crippen LogP contribution is -2.13. The average Bonchev–Trinajstić information content (AvgIpc) is 3.07. The highest BCUT2D eigenvalue weighted by molar-refractivity contribution is 7.16. The molecule has 4 nitrogen and oxygen atoms in total. The molecule has 0 bridgehead atoms. The summed E-state index contributed by atoms with van der Waals surface area (Å²) < 4.78 is 0. The van der Waals surface area contributed by atoms with Gasteiger partial charge in [-0.3, -0.25) is 0 Å². The van der Waals surface area contributed by atoms with Crippen molar-refractivity contribution >= 4 is 27.4 Å². The van der Waals surface area contributed by atoms with Crippen molar-refractivity contribution in [1.82, 2.24) is 9.97 Å². The second-order valence-electron chi connectivity index (χ2n) is 5.45. The predicted molar refractivity (Wildman–Crippen MR) is 95.9 cm³/mol. The van der Waals surface area contributed by atoms with Gasteiger partial charge < -0.3 is 10.4 Å². The second kappa shape index (κ2) is 7.53. The molecule has 1 unspecified atom stereocenters. The Balaban J connectivity index is 1.94. The number of nitrogens with one attached hydrogen (secondary N) is 1. The van der Waals surface area contributed by atoms with Crippen LogP contribution in [0.25, 0.3) is 10.2 Å². The number of aliphatic hydroxyl groups excluding tert-OH is 1. The van der Waals surface area contributed by atoms with E-state index in [4.69, 9.17) is 0 Å². The Morgan fingerprint density at radius 1 is 1.17 bits per heavy atom. The van der Waals surface area contributed by atoms with Gasteiger partial charge in [0.1, 0.15) is 16.5 Å². The van der Waals surface area contributed by atoms with Gasteiger partial charge in [-0.15, -0.1) is 11.3 Å². The maximum absolute atomic E-state index is 9.20. The van der Waals surface area contributed by atoms with Gasteiger partial charge in [-0.25, -0.2) is 9.97 Å². The molecule has 0 radical (unpaired) electrons. The first kappa shape index (κ1) is 15.9. The average molecular weight is 327 g/mol. The summed E-state index contributed by atoms with van der Waals surface area (Å²) >= 11 is 1.64. The van der Waals surface area contributed by atoms with Gasteiger partial charge in [-0.2, -0.15) is 0 Å². The third kappa shape index (κ3) is 3.68. The molecule has 0 saturated heterocycles. The molecule has 0 saturated carbocycles.